The van der Waals surface area contributed by atoms with Crippen molar-refractivity contribution in [3.05, 3.63) is 28.8 Å². The van der Waals surface area contributed by atoms with Gasteiger partial charge in [0.2, 0.25) is 0 Å². The van der Waals surface area contributed by atoms with Crippen LogP contribution in [0.1, 0.15) is 24.2 Å². The van der Waals surface area contributed by atoms with Crippen LogP contribution in [0.4, 0.5) is 0 Å². The van der Waals surface area contributed by atoms with E-state index < -0.39 is 17.4 Å². The Hall–Kier alpha value is -1.75. The molecule has 0 radical (unpaired) electrons. The number of halogens is 1. The number of hydrogen-bond donors (Lipinski definition) is 3. The monoisotopic (exact) mass is 257 g/mol. The Labute approximate surface area is 103 Å². The first-order valence-electron chi connectivity index (χ1n) is 4.78. The third-order valence-electron chi connectivity index (χ3n) is 2.16. The van der Waals surface area contributed by atoms with Crippen LogP contribution >= 0.6 is 11.6 Å². The van der Waals surface area contributed by atoms with Crippen LogP contribution in [-0.4, -0.2) is 27.6 Å². The Balaban J connectivity index is 2.98. The van der Waals surface area contributed by atoms with Crippen LogP contribution in [0.3, 0.4) is 0 Å². The molecule has 17 heavy (non-hydrogen) atoms. The second-order valence-electron chi connectivity index (χ2n) is 4.05. The standard InChI is InChI=1S/C11H12ClNO4/c1-11(2,10(16)17)13-9(15)7-5-6(14)3-4-8(7)12/h3-5,14H,1-2H3,(H,13,15)(H,16,17). The fourth-order valence-corrected chi connectivity index (χ4v) is 1.30. The molecule has 0 aliphatic rings. The predicted molar refractivity (Wildman–Crippen MR) is 62.3 cm³/mol. The molecule has 3 N–H and O–H groups in total. The van der Waals surface area contributed by atoms with Crippen molar-refractivity contribution in [3.63, 3.8) is 0 Å². The van der Waals surface area contributed by atoms with Gasteiger partial charge in [0.25, 0.3) is 5.91 Å². The zero-order valence-electron chi connectivity index (χ0n) is 9.32. The number of carbonyl (C=O) groups excluding carboxylic acids is 1. The third-order valence-corrected chi connectivity index (χ3v) is 2.48. The lowest BCUT2D eigenvalue weighted by Crippen LogP contribution is -2.49. The molecule has 0 heterocycles. The number of carbonyl (C=O) groups is 2. The van der Waals surface area contributed by atoms with Crippen molar-refractivity contribution in [2.75, 3.05) is 0 Å². The van der Waals surface area contributed by atoms with E-state index in [1.165, 1.54) is 32.0 Å². The van der Waals surface area contributed by atoms with Crippen molar-refractivity contribution in [3.8, 4) is 5.75 Å². The van der Waals surface area contributed by atoms with E-state index in [0.717, 1.165) is 0 Å². The van der Waals surface area contributed by atoms with Crippen LogP contribution in [0.25, 0.3) is 0 Å². The lowest BCUT2D eigenvalue weighted by atomic mass is 10.1. The quantitative estimate of drug-likeness (QED) is 0.768. The molecule has 0 aliphatic carbocycles. The van der Waals surface area contributed by atoms with E-state index in [1.54, 1.807) is 0 Å². The van der Waals surface area contributed by atoms with Crippen LogP contribution in [0.15, 0.2) is 18.2 Å². The Morgan fingerprint density at radius 2 is 1.94 bits per heavy atom. The third kappa shape index (κ3) is 3.10. The number of aromatic hydroxyl groups is 1. The minimum absolute atomic E-state index is 0.0287. The fraction of sp³-hybridized carbons (Fsp3) is 0.273. The van der Waals surface area contributed by atoms with Crippen molar-refractivity contribution >= 4 is 23.5 Å². The van der Waals surface area contributed by atoms with Gasteiger partial charge in [0.1, 0.15) is 11.3 Å². The SMILES string of the molecule is CC(C)(NC(=O)c1cc(O)ccc1Cl)C(=O)O. The lowest BCUT2D eigenvalue weighted by molar-refractivity contribution is -0.143. The molecule has 0 saturated heterocycles. The number of rotatable bonds is 3. The van der Waals surface area contributed by atoms with Crippen molar-refractivity contribution in [1.29, 1.82) is 0 Å². The zero-order valence-corrected chi connectivity index (χ0v) is 10.1. The maximum atomic E-state index is 11.8. The Bertz CT molecular complexity index is 471. The summed E-state index contributed by atoms with van der Waals surface area (Å²) < 4.78 is 0. The van der Waals surface area contributed by atoms with Crippen LogP contribution in [0.5, 0.6) is 5.75 Å². The molecule has 5 nitrogen and oxygen atoms in total. The summed E-state index contributed by atoms with van der Waals surface area (Å²) in [6, 6.07) is 3.87. The largest absolute Gasteiger partial charge is 0.508 e. The summed E-state index contributed by atoms with van der Waals surface area (Å²) in [5, 5.41) is 20.5. The molecule has 1 aromatic carbocycles. The molecular weight excluding hydrogens is 246 g/mol. The molecule has 1 rings (SSSR count). The van der Waals surface area contributed by atoms with Crippen molar-refractivity contribution in [2.24, 2.45) is 0 Å². The number of phenols is 1. The first-order valence-corrected chi connectivity index (χ1v) is 5.16. The molecule has 0 unspecified atom stereocenters. The van der Waals surface area contributed by atoms with E-state index in [2.05, 4.69) is 5.32 Å². The van der Waals surface area contributed by atoms with Crippen LogP contribution < -0.4 is 5.32 Å². The summed E-state index contributed by atoms with van der Waals surface area (Å²) in [5.74, 6) is -1.94. The zero-order chi connectivity index (χ0) is 13.2. The number of benzene rings is 1. The Morgan fingerprint density at radius 3 is 2.47 bits per heavy atom. The van der Waals surface area contributed by atoms with Gasteiger partial charge in [-0.15, -0.1) is 0 Å². The number of phenolic OH excluding ortho intramolecular Hbond substituents is 1. The molecule has 6 heteroatoms. The smallest absolute Gasteiger partial charge is 0.328 e. The molecule has 0 aromatic heterocycles. The lowest BCUT2D eigenvalue weighted by Gasteiger charge is -2.21. The number of carboxylic acid groups (broad SMARTS) is 1. The van der Waals surface area contributed by atoms with Gasteiger partial charge in [0.05, 0.1) is 10.6 Å². The van der Waals surface area contributed by atoms with Crippen LogP contribution in [0, 0.1) is 0 Å². The molecule has 0 aliphatic heterocycles. The molecule has 92 valence electrons. The van der Waals surface area contributed by atoms with Crippen LogP contribution in [-0.2, 0) is 4.79 Å². The molecule has 1 amide bonds. The van der Waals surface area contributed by atoms with Gasteiger partial charge in [0.15, 0.2) is 0 Å². The number of nitrogens with one attached hydrogen (secondary N) is 1. The maximum absolute atomic E-state index is 11.8. The summed E-state index contributed by atoms with van der Waals surface area (Å²) in [7, 11) is 0. The molecule has 0 spiro atoms. The molecule has 0 atom stereocenters. The highest BCUT2D eigenvalue weighted by Crippen LogP contribution is 2.21. The van der Waals surface area contributed by atoms with Gasteiger partial charge in [0, 0.05) is 0 Å². The van der Waals surface area contributed by atoms with Gasteiger partial charge in [-0.25, -0.2) is 4.79 Å². The average molecular weight is 258 g/mol. The highest BCUT2D eigenvalue weighted by atomic mass is 35.5. The van der Waals surface area contributed by atoms with Gasteiger partial charge in [-0.05, 0) is 32.0 Å². The molecule has 1 aromatic rings. The van der Waals surface area contributed by atoms with Crippen molar-refractivity contribution < 1.29 is 19.8 Å². The summed E-state index contributed by atoms with van der Waals surface area (Å²) >= 11 is 5.78. The second kappa shape index (κ2) is 4.63. The van der Waals surface area contributed by atoms with Gasteiger partial charge in [-0.1, -0.05) is 11.6 Å². The van der Waals surface area contributed by atoms with Crippen molar-refractivity contribution in [1.82, 2.24) is 5.32 Å². The summed E-state index contributed by atoms with van der Waals surface area (Å²) in [4.78, 5) is 22.6. The van der Waals surface area contributed by atoms with E-state index in [-0.39, 0.29) is 16.3 Å². The van der Waals surface area contributed by atoms with Gasteiger partial charge in [-0.3, -0.25) is 4.79 Å². The molecular formula is C11H12ClNO4. The fourth-order valence-electron chi connectivity index (χ4n) is 1.09. The normalized spacial score (nSPS) is 11.0. The number of amides is 1. The average Bonchev–Trinajstić information content (AvgIpc) is 2.20. The maximum Gasteiger partial charge on any atom is 0.328 e. The molecule has 0 saturated carbocycles. The van der Waals surface area contributed by atoms with E-state index in [4.69, 9.17) is 16.7 Å². The van der Waals surface area contributed by atoms with Gasteiger partial charge < -0.3 is 15.5 Å². The summed E-state index contributed by atoms with van der Waals surface area (Å²) in [6.07, 6.45) is 0. The van der Waals surface area contributed by atoms with E-state index in [0.29, 0.717) is 0 Å². The van der Waals surface area contributed by atoms with E-state index in [9.17, 15) is 14.7 Å². The molecule has 0 bridgehead atoms. The van der Waals surface area contributed by atoms with Crippen LogP contribution in [0.2, 0.25) is 5.02 Å². The Morgan fingerprint density at radius 1 is 1.35 bits per heavy atom. The predicted octanol–water partition coefficient (Wildman–Crippen LogP) is 1.64. The highest BCUT2D eigenvalue weighted by molar-refractivity contribution is 6.34. The minimum Gasteiger partial charge on any atom is -0.508 e. The summed E-state index contributed by atoms with van der Waals surface area (Å²) in [6.45, 7) is 2.70. The van der Waals surface area contributed by atoms with Gasteiger partial charge >= 0.3 is 5.97 Å². The topological polar surface area (TPSA) is 86.6 Å². The van der Waals surface area contributed by atoms with E-state index >= 15 is 0 Å². The number of hydrogen-bond acceptors (Lipinski definition) is 3. The first kappa shape index (κ1) is 13.3. The summed E-state index contributed by atoms with van der Waals surface area (Å²) in [5.41, 5.74) is -1.38. The highest BCUT2D eigenvalue weighted by Gasteiger charge is 2.29. The second-order valence-corrected chi connectivity index (χ2v) is 4.46. The van der Waals surface area contributed by atoms with Gasteiger partial charge in [-0.2, -0.15) is 0 Å². The Kier molecular flexibility index (Phi) is 3.63. The number of aliphatic carboxylic acids is 1. The number of carboxylic acids is 1. The molecule has 0 fully saturated rings. The first-order chi connectivity index (χ1) is 7.74. The van der Waals surface area contributed by atoms with Crippen molar-refractivity contribution in [2.45, 2.75) is 19.4 Å². The van der Waals surface area contributed by atoms with E-state index in [1.807, 2.05) is 0 Å². The minimum atomic E-state index is -1.41.